The zero-order chi connectivity index (χ0) is 22.2. The maximum Gasteiger partial charge on any atom is 0.222 e. The second-order valence-corrected chi connectivity index (χ2v) is 7.88. The van der Waals surface area contributed by atoms with E-state index in [1.807, 2.05) is 34.9 Å². The lowest BCUT2D eigenvalue weighted by atomic mass is 10.2. The molecular formula is C22H26ClN5O2S. The monoisotopic (exact) mass is 459 g/mol. The molecule has 3 aromatic rings. The normalized spacial score (nSPS) is 10.8. The van der Waals surface area contributed by atoms with E-state index in [0.29, 0.717) is 28.8 Å². The number of methoxy groups -OCH3 is 1. The van der Waals surface area contributed by atoms with Gasteiger partial charge in [0.15, 0.2) is 10.6 Å². The van der Waals surface area contributed by atoms with Gasteiger partial charge in [0.2, 0.25) is 11.8 Å². The summed E-state index contributed by atoms with van der Waals surface area (Å²) in [6.45, 7) is 3.73. The summed E-state index contributed by atoms with van der Waals surface area (Å²) in [5.41, 5.74) is 1.85. The number of pyridine rings is 1. The molecule has 164 valence electrons. The second-order valence-electron chi connectivity index (χ2n) is 7.08. The van der Waals surface area contributed by atoms with Crippen molar-refractivity contribution in [3.63, 3.8) is 0 Å². The van der Waals surface area contributed by atoms with Crippen molar-refractivity contribution in [3.05, 3.63) is 58.0 Å². The maximum atomic E-state index is 12.3. The molecule has 1 aromatic carbocycles. The van der Waals surface area contributed by atoms with Crippen LogP contribution in [-0.2, 0) is 24.4 Å². The van der Waals surface area contributed by atoms with Crippen molar-refractivity contribution in [2.45, 2.75) is 45.8 Å². The van der Waals surface area contributed by atoms with E-state index in [9.17, 15) is 4.79 Å². The van der Waals surface area contributed by atoms with E-state index in [0.717, 1.165) is 36.3 Å². The van der Waals surface area contributed by atoms with Crippen LogP contribution in [-0.4, -0.2) is 32.3 Å². The molecule has 2 aromatic heterocycles. The Morgan fingerprint density at radius 1 is 1.19 bits per heavy atom. The van der Waals surface area contributed by atoms with Crippen molar-refractivity contribution >= 4 is 29.7 Å². The lowest BCUT2D eigenvalue weighted by molar-refractivity contribution is -0.121. The molecule has 0 atom stereocenters. The van der Waals surface area contributed by atoms with Gasteiger partial charge in [-0.1, -0.05) is 31.0 Å². The van der Waals surface area contributed by atoms with Crippen LogP contribution >= 0.6 is 23.8 Å². The molecule has 7 nitrogen and oxygen atoms in total. The average Bonchev–Trinajstić information content (AvgIpc) is 3.10. The number of aryl methyl sites for hydroxylation is 1. The second kappa shape index (κ2) is 11.1. The molecular weight excluding hydrogens is 434 g/mol. The molecule has 1 amide bonds. The highest BCUT2D eigenvalue weighted by Gasteiger charge is 2.13. The third-order valence-electron chi connectivity index (χ3n) is 4.81. The Hall–Kier alpha value is -2.71. The molecule has 0 radical (unpaired) electrons. The Kier molecular flexibility index (Phi) is 8.20. The van der Waals surface area contributed by atoms with Crippen molar-refractivity contribution in [1.29, 1.82) is 0 Å². The fraction of sp³-hybridized carbons (Fsp3) is 0.364. The summed E-state index contributed by atoms with van der Waals surface area (Å²) in [6.07, 6.45) is 4.01. The summed E-state index contributed by atoms with van der Waals surface area (Å²) < 4.78 is 9.41. The van der Waals surface area contributed by atoms with E-state index in [-0.39, 0.29) is 12.3 Å². The van der Waals surface area contributed by atoms with Gasteiger partial charge in [-0.05, 0) is 48.5 Å². The van der Waals surface area contributed by atoms with Gasteiger partial charge >= 0.3 is 0 Å². The van der Waals surface area contributed by atoms with Crippen LogP contribution in [0.2, 0.25) is 5.02 Å². The predicted octanol–water partition coefficient (Wildman–Crippen LogP) is 4.64. The van der Waals surface area contributed by atoms with Gasteiger partial charge in [0.1, 0.15) is 0 Å². The van der Waals surface area contributed by atoms with Gasteiger partial charge in [-0.2, -0.15) is 5.10 Å². The van der Waals surface area contributed by atoms with Crippen LogP contribution in [0, 0.1) is 4.77 Å². The van der Waals surface area contributed by atoms with Gasteiger partial charge in [0.25, 0.3) is 0 Å². The molecule has 1 N–H and O–H groups in total. The average molecular weight is 460 g/mol. The van der Waals surface area contributed by atoms with Crippen LogP contribution in [0.5, 0.6) is 5.88 Å². The first-order chi connectivity index (χ1) is 15.0. The zero-order valence-corrected chi connectivity index (χ0v) is 19.2. The Balaban J connectivity index is 1.66. The molecule has 31 heavy (non-hydrogen) atoms. The molecule has 0 saturated carbocycles. The summed E-state index contributed by atoms with van der Waals surface area (Å²) in [5.74, 6) is 1.26. The van der Waals surface area contributed by atoms with Gasteiger partial charge in [0, 0.05) is 42.4 Å². The number of aromatic nitrogens is 4. The van der Waals surface area contributed by atoms with Crippen molar-refractivity contribution in [1.82, 2.24) is 24.6 Å². The summed E-state index contributed by atoms with van der Waals surface area (Å²) in [4.78, 5) is 16.5. The van der Waals surface area contributed by atoms with Gasteiger partial charge < -0.3 is 10.1 Å². The highest BCUT2D eigenvalue weighted by Crippen LogP contribution is 2.21. The third kappa shape index (κ3) is 6.15. The van der Waals surface area contributed by atoms with Crippen molar-refractivity contribution < 1.29 is 9.53 Å². The van der Waals surface area contributed by atoms with E-state index in [4.69, 9.17) is 33.7 Å². The number of unbranched alkanes of at least 4 members (excludes halogenated alkanes) is 1. The van der Waals surface area contributed by atoms with Crippen molar-refractivity contribution in [2.24, 2.45) is 0 Å². The molecule has 0 unspecified atom stereocenters. The Morgan fingerprint density at radius 3 is 2.61 bits per heavy atom. The Labute approximate surface area is 192 Å². The van der Waals surface area contributed by atoms with Gasteiger partial charge in [-0.3, -0.25) is 9.36 Å². The smallest absolute Gasteiger partial charge is 0.222 e. The number of amides is 1. The molecule has 0 bridgehead atoms. The molecule has 0 saturated heterocycles. The van der Waals surface area contributed by atoms with Crippen molar-refractivity contribution in [3.8, 4) is 17.3 Å². The van der Waals surface area contributed by atoms with Crippen LogP contribution in [0.25, 0.3) is 11.4 Å². The number of nitrogens with zero attached hydrogens (tertiary/aromatic N) is 4. The number of halogens is 1. The molecule has 0 spiro atoms. The van der Waals surface area contributed by atoms with E-state index in [1.54, 1.807) is 24.1 Å². The predicted molar refractivity (Wildman–Crippen MR) is 124 cm³/mol. The molecule has 9 heteroatoms. The molecule has 3 rings (SSSR count). The van der Waals surface area contributed by atoms with Gasteiger partial charge in [-0.15, -0.1) is 0 Å². The molecule has 2 heterocycles. The number of hydrogen-bond acceptors (Lipinski definition) is 5. The molecule has 0 fully saturated rings. The number of carbonyl (C=O) groups is 1. The number of nitrogens with one attached hydrogen (secondary N) is 1. The van der Waals surface area contributed by atoms with E-state index < -0.39 is 0 Å². The zero-order valence-electron chi connectivity index (χ0n) is 17.7. The molecule has 0 aliphatic rings. The number of carbonyl (C=O) groups excluding carboxylic acids is 1. The summed E-state index contributed by atoms with van der Waals surface area (Å²) in [5, 5.41) is 8.28. The first-order valence-electron chi connectivity index (χ1n) is 10.2. The Morgan fingerprint density at radius 2 is 1.97 bits per heavy atom. The fourth-order valence-electron chi connectivity index (χ4n) is 3.05. The van der Waals surface area contributed by atoms with Crippen molar-refractivity contribution in [2.75, 3.05) is 7.11 Å². The minimum Gasteiger partial charge on any atom is -0.481 e. The summed E-state index contributed by atoms with van der Waals surface area (Å²) >= 11 is 11.7. The van der Waals surface area contributed by atoms with E-state index in [1.165, 1.54) is 0 Å². The lowest BCUT2D eigenvalue weighted by Gasteiger charge is -2.06. The third-order valence-corrected chi connectivity index (χ3v) is 5.49. The van der Waals surface area contributed by atoms with Crippen LogP contribution < -0.4 is 10.1 Å². The molecule has 0 aliphatic carbocycles. The number of rotatable bonds is 10. The fourth-order valence-corrected chi connectivity index (χ4v) is 3.49. The quantitative estimate of drug-likeness (QED) is 0.447. The topological polar surface area (TPSA) is 74.0 Å². The highest BCUT2D eigenvalue weighted by atomic mass is 35.5. The summed E-state index contributed by atoms with van der Waals surface area (Å²) in [7, 11) is 1.57. The summed E-state index contributed by atoms with van der Waals surface area (Å²) in [6, 6.07) is 11.2. The van der Waals surface area contributed by atoms with Crippen LogP contribution in [0.15, 0.2) is 42.6 Å². The SMILES string of the molecule is CCCCn1c(-c2ccc(Cl)cc2)nn(CCC(=O)NCc2ccc(OC)nc2)c1=S. The van der Waals surface area contributed by atoms with Gasteiger partial charge in [-0.25, -0.2) is 9.67 Å². The van der Waals surface area contributed by atoms with Gasteiger partial charge in [0.05, 0.1) is 13.7 Å². The van der Waals surface area contributed by atoms with Crippen LogP contribution in [0.1, 0.15) is 31.7 Å². The van der Waals surface area contributed by atoms with E-state index in [2.05, 4.69) is 17.2 Å². The minimum atomic E-state index is -0.0751. The number of benzene rings is 1. The standard InChI is InChI=1S/C22H26ClN5O2S/c1-3-4-12-27-21(17-6-8-18(23)9-7-17)26-28(22(27)31)13-11-19(29)24-14-16-5-10-20(30-2)25-15-16/h5-10,15H,3-4,11-14H2,1-2H3,(H,24,29). The van der Waals surface area contributed by atoms with E-state index >= 15 is 0 Å². The molecule has 0 aliphatic heterocycles. The minimum absolute atomic E-state index is 0.0751. The first-order valence-corrected chi connectivity index (χ1v) is 11.0. The highest BCUT2D eigenvalue weighted by molar-refractivity contribution is 7.71. The first kappa shape index (κ1) is 23.0. The number of hydrogen-bond donors (Lipinski definition) is 1. The lowest BCUT2D eigenvalue weighted by Crippen LogP contribution is -2.24. The Bertz CT molecular complexity index is 1060. The maximum absolute atomic E-state index is 12.3. The number of ether oxygens (including phenoxy) is 1. The van der Waals surface area contributed by atoms with Crippen LogP contribution in [0.3, 0.4) is 0 Å². The van der Waals surface area contributed by atoms with Crippen LogP contribution in [0.4, 0.5) is 0 Å². The largest absolute Gasteiger partial charge is 0.481 e.